The van der Waals surface area contributed by atoms with Crippen LogP contribution in [0.25, 0.3) is 0 Å². The Labute approximate surface area is 155 Å². The van der Waals surface area contributed by atoms with Crippen molar-refractivity contribution < 1.29 is 9.52 Å². The zero-order valence-corrected chi connectivity index (χ0v) is 16.2. The Bertz CT molecular complexity index is 737. The number of rotatable bonds is 7. The predicted octanol–water partition coefficient (Wildman–Crippen LogP) is 2.01. The zero-order chi connectivity index (χ0) is 19.2. The average molecular weight is 359 g/mol. The Morgan fingerprint density at radius 2 is 2.04 bits per heavy atom. The quantitative estimate of drug-likeness (QED) is 0.518. The lowest BCUT2D eigenvalue weighted by Gasteiger charge is -2.22. The third kappa shape index (κ3) is 5.49. The van der Waals surface area contributed by atoms with E-state index in [1.807, 2.05) is 57.1 Å². The van der Waals surface area contributed by atoms with Crippen LogP contribution >= 0.6 is 0 Å². The predicted molar refractivity (Wildman–Crippen MR) is 104 cm³/mol. The van der Waals surface area contributed by atoms with Crippen LogP contribution in [0.1, 0.15) is 31.1 Å². The van der Waals surface area contributed by atoms with Crippen molar-refractivity contribution >= 4 is 11.8 Å². The van der Waals surface area contributed by atoms with Crippen molar-refractivity contribution in [3.05, 3.63) is 47.5 Å². The van der Waals surface area contributed by atoms with Gasteiger partial charge in [-0.1, -0.05) is 6.07 Å². The van der Waals surface area contributed by atoms with Gasteiger partial charge in [-0.3, -0.25) is 0 Å². The summed E-state index contributed by atoms with van der Waals surface area (Å²) in [6, 6.07) is 9.50. The van der Waals surface area contributed by atoms with Gasteiger partial charge < -0.3 is 25.1 Å². The Morgan fingerprint density at radius 3 is 2.65 bits per heavy atom. The fourth-order valence-corrected chi connectivity index (χ4v) is 2.37. The number of aliphatic imine (C=N–C) groups is 1. The number of hydrogen-bond donors (Lipinski definition) is 3. The molecule has 0 aromatic carbocycles. The van der Waals surface area contributed by atoms with E-state index in [0.717, 1.165) is 23.8 Å². The lowest BCUT2D eigenvalue weighted by Crippen LogP contribution is -2.44. The highest BCUT2D eigenvalue weighted by molar-refractivity contribution is 5.79. The van der Waals surface area contributed by atoms with Crippen LogP contribution in [-0.2, 0) is 12.1 Å². The van der Waals surface area contributed by atoms with E-state index in [1.165, 1.54) is 0 Å². The van der Waals surface area contributed by atoms with E-state index < -0.39 is 5.60 Å². The number of aliphatic hydroxyl groups is 1. The molecule has 2 heterocycles. The minimum atomic E-state index is -1.13. The molecule has 0 aliphatic heterocycles. The molecule has 142 valence electrons. The van der Waals surface area contributed by atoms with E-state index in [-0.39, 0.29) is 6.54 Å². The van der Waals surface area contributed by atoms with E-state index in [2.05, 4.69) is 20.6 Å². The maximum absolute atomic E-state index is 10.6. The number of guanidine groups is 1. The first-order valence-electron chi connectivity index (χ1n) is 8.76. The number of aryl methyl sites for hydroxylation is 1. The van der Waals surface area contributed by atoms with E-state index in [0.29, 0.717) is 18.3 Å². The summed E-state index contributed by atoms with van der Waals surface area (Å²) in [5.74, 6) is 2.81. The molecule has 0 amide bonds. The van der Waals surface area contributed by atoms with Crippen molar-refractivity contribution in [1.29, 1.82) is 0 Å². The van der Waals surface area contributed by atoms with Crippen LogP contribution in [0.4, 0.5) is 5.82 Å². The number of furan rings is 1. The summed E-state index contributed by atoms with van der Waals surface area (Å²) < 4.78 is 5.54. The molecule has 0 aliphatic rings. The Hall–Kier alpha value is -2.54. The third-order valence-corrected chi connectivity index (χ3v) is 3.86. The van der Waals surface area contributed by atoms with Crippen LogP contribution in [0.3, 0.4) is 0 Å². The first kappa shape index (κ1) is 19.8. The highest BCUT2D eigenvalue weighted by atomic mass is 16.4. The van der Waals surface area contributed by atoms with Gasteiger partial charge in [-0.25, -0.2) is 9.98 Å². The number of hydrogen-bond acceptors (Lipinski definition) is 5. The van der Waals surface area contributed by atoms with Gasteiger partial charge in [0.25, 0.3) is 0 Å². The number of aromatic nitrogens is 1. The highest BCUT2D eigenvalue weighted by Gasteiger charge is 2.27. The summed E-state index contributed by atoms with van der Waals surface area (Å²) in [4.78, 5) is 11.1. The number of anilines is 1. The monoisotopic (exact) mass is 359 g/mol. The zero-order valence-electron chi connectivity index (χ0n) is 16.2. The number of nitrogens with one attached hydrogen (secondary N) is 2. The van der Waals surface area contributed by atoms with E-state index >= 15 is 0 Å². The molecule has 0 spiro atoms. The van der Waals surface area contributed by atoms with E-state index in [9.17, 15) is 5.11 Å². The van der Waals surface area contributed by atoms with Gasteiger partial charge in [0.15, 0.2) is 5.96 Å². The minimum Gasteiger partial charge on any atom is -0.463 e. The van der Waals surface area contributed by atoms with Crippen LogP contribution in [0.5, 0.6) is 0 Å². The molecule has 0 bridgehead atoms. The first-order chi connectivity index (χ1) is 12.3. The molecular weight excluding hydrogens is 330 g/mol. The summed E-state index contributed by atoms with van der Waals surface area (Å²) in [6.07, 6.45) is 0. The molecule has 0 saturated heterocycles. The van der Waals surface area contributed by atoms with Crippen LogP contribution < -0.4 is 15.5 Å². The van der Waals surface area contributed by atoms with Gasteiger partial charge in [0, 0.05) is 20.6 Å². The second-order valence-electron chi connectivity index (χ2n) is 6.61. The third-order valence-electron chi connectivity index (χ3n) is 3.86. The molecular formula is C19H29N5O2. The van der Waals surface area contributed by atoms with Crippen molar-refractivity contribution in [2.45, 2.75) is 32.9 Å². The molecule has 0 radical (unpaired) electrons. The smallest absolute Gasteiger partial charge is 0.191 e. The SMILES string of the molecule is CCNC(=NCc1cccc(N(C)C)n1)NCC(C)(O)c1ccc(C)o1. The summed E-state index contributed by atoms with van der Waals surface area (Å²) in [7, 11) is 3.92. The van der Waals surface area contributed by atoms with Gasteiger partial charge in [-0.2, -0.15) is 0 Å². The first-order valence-corrected chi connectivity index (χ1v) is 8.76. The molecule has 7 heteroatoms. The number of pyridine rings is 1. The second-order valence-corrected chi connectivity index (χ2v) is 6.61. The fourth-order valence-electron chi connectivity index (χ4n) is 2.37. The van der Waals surface area contributed by atoms with Crippen molar-refractivity contribution in [3.8, 4) is 0 Å². The molecule has 1 atom stereocenters. The number of nitrogens with zero attached hydrogens (tertiary/aromatic N) is 3. The molecule has 0 fully saturated rings. The van der Waals surface area contributed by atoms with E-state index in [4.69, 9.17) is 4.42 Å². The molecule has 3 N–H and O–H groups in total. The molecule has 26 heavy (non-hydrogen) atoms. The summed E-state index contributed by atoms with van der Waals surface area (Å²) in [6.45, 7) is 7.00. The Morgan fingerprint density at radius 1 is 1.27 bits per heavy atom. The summed E-state index contributed by atoms with van der Waals surface area (Å²) in [5.41, 5.74) is -0.255. The molecule has 0 saturated carbocycles. The fraction of sp³-hybridized carbons (Fsp3) is 0.474. The van der Waals surface area contributed by atoms with Crippen LogP contribution in [0, 0.1) is 6.92 Å². The van der Waals surface area contributed by atoms with E-state index in [1.54, 1.807) is 13.0 Å². The van der Waals surface area contributed by atoms with Gasteiger partial charge in [0.1, 0.15) is 22.9 Å². The maximum Gasteiger partial charge on any atom is 0.191 e. The summed E-state index contributed by atoms with van der Waals surface area (Å²) >= 11 is 0. The van der Waals surface area contributed by atoms with Gasteiger partial charge in [-0.05, 0) is 45.0 Å². The molecule has 0 aliphatic carbocycles. The summed E-state index contributed by atoms with van der Waals surface area (Å²) in [5, 5.41) is 17.0. The van der Waals surface area contributed by atoms with Crippen molar-refractivity contribution in [1.82, 2.24) is 15.6 Å². The molecule has 1 unspecified atom stereocenters. The Kier molecular flexibility index (Phi) is 6.63. The van der Waals surface area contributed by atoms with Crippen LogP contribution in [-0.4, -0.2) is 43.2 Å². The standard InChI is InChI=1S/C19H29N5O2/c1-6-20-18(21-12-15-8-7-9-17(23-15)24(4)5)22-13-19(3,25)16-11-10-14(2)26-16/h7-11,25H,6,12-13H2,1-5H3,(H2,20,21,22). The lowest BCUT2D eigenvalue weighted by atomic mass is 10.0. The second kappa shape index (κ2) is 8.71. The van der Waals surface area contributed by atoms with Gasteiger partial charge in [-0.15, -0.1) is 0 Å². The normalized spacial score (nSPS) is 14.0. The van der Waals surface area contributed by atoms with Gasteiger partial charge >= 0.3 is 0 Å². The topological polar surface area (TPSA) is 85.9 Å². The van der Waals surface area contributed by atoms with Crippen LogP contribution in [0.15, 0.2) is 39.7 Å². The minimum absolute atomic E-state index is 0.275. The molecule has 2 aromatic heterocycles. The lowest BCUT2D eigenvalue weighted by molar-refractivity contribution is 0.0378. The maximum atomic E-state index is 10.6. The van der Waals surface area contributed by atoms with Crippen molar-refractivity contribution in [2.75, 3.05) is 32.1 Å². The molecule has 7 nitrogen and oxygen atoms in total. The highest BCUT2D eigenvalue weighted by Crippen LogP contribution is 2.21. The molecule has 2 aromatic rings. The van der Waals surface area contributed by atoms with Gasteiger partial charge in [0.2, 0.25) is 0 Å². The average Bonchev–Trinajstić information content (AvgIpc) is 3.05. The molecule has 2 rings (SSSR count). The Balaban J connectivity index is 2.03. The largest absolute Gasteiger partial charge is 0.463 e. The van der Waals surface area contributed by atoms with Crippen molar-refractivity contribution in [3.63, 3.8) is 0 Å². The van der Waals surface area contributed by atoms with Crippen LogP contribution in [0.2, 0.25) is 0 Å². The van der Waals surface area contributed by atoms with Crippen molar-refractivity contribution in [2.24, 2.45) is 4.99 Å². The van der Waals surface area contributed by atoms with Gasteiger partial charge in [0.05, 0.1) is 18.8 Å².